The summed E-state index contributed by atoms with van der Waals surface area (Å²) in [5.74, 6) is -5.58. The maximum Gasteiger partial charge on any atom is 0.454 e. The molecule has 0 aliphatic heterocycles. The van der Waals surface area contributed by atoms with Crippen LogP contribution in [-0.4, -0.2) is 12.1 Å². The van der Waals surface area contributed by atoms with Crippen LogP contribution >= 0.6 is 15.9 Å². The average molecular weight is 321 g/mol. The lowest BCUT2D eigenvalue weighted by Gasteiger charge is -2.25. The zero-order valence-corrected chi connectivity index (χ0v) is 10.0. The zero-order chi connectivity index (χ0) is 13.4. The zero-order valence-electron chi connectivity index (χ0n) is 8.46. The predicted molar refractivity (Wildman–Crippen MR) is 53.8 cm³/mol. The van der Waals surface area contributed by atoms with Gasteiger partial charge in [0.05, 0.1) is 0 Å². The van der Waals surface area contributed by atoms with Crippen molar-refractivity contribution in [2.24, 2.45) is 0 Å². The van der Waals surface area contributed by atoms with Gasteiger partial charge in [-0.05, 0) is 24.1 Å². The Morgan fingerprint density at radius 2 is 1.65 bits per heavy atom. The smallest absolute Gasteiger partial charge is 0.207 e. The Morgan fingerprint density at radius 3 is 2.06 bits per heavy atom. The topological polar surface area (TPSA) is 0 Å². The van der Waals surface area contributed by atoms with Gasteiger partial charge in [-0.1, -0.05) is 28.1 Å². The van der Waals surface area contributed by atoms with E-state index in [4.69, 9.17) is 0 Å². The van der Waals surface area contributed by atoms with Gasteiger partial charge in [0.25, 0.3) is 0 Å². The van der Waals surface area contributed by atoms with E-state index in [1.165, 1.54) is 6.92 Å². The Balaban J connectivity index is 3.12. The van der Waals surface area contributed by atoms with Crippen LogP contribution < -0.4 is 0 Å². The number of benzene rings is 1. The highest BCUT2D eigenvalue weighted by Gasteiger charge is 2.62. The van der Waals surface area contributed by atoms with Crippen molar-refractivity contribution in [2.75, 3.05) is 0 Å². The molecule has 0 radical (unpaired) electrons. The minimum absolute atomic E-state index is 0.00456. The molecule has 0 heterocycles. The number of hydrogen-bond donors (Lipinski definition) is 0. The summed E-state index contributed by atoms with van der Waals surface area (Å²) in [6.45, 7) is 1.28. The third-order valence-electron chi connectivity index (χ3n) is 2.17. The summed E-state index contributed by atoms with van der Waals surface area (Å²) in [6.07, 6.45) is -5.66. The van der Waals surface area contributed by atoms with Crippen LogP contribution in [0.25, 0.3) is 0 Å². The van der Waals surface area contributed by atoms with E-state index in [9.17, 15) is 26.3 Å². The fraction of sp³-hybridized carbons (Fsp3) is 0.400. The maximum atomic E-state index is 13.0. The minimum Gasteiger partial charge on any atom is -0.207 e. The lowest BCUT2D eigenvalue weighted by Crippen LogP contribution is -2.40. The van der Waals surface area contributed by atoms with Crippen molar-refractivity contribution >= 4 is 15.9 Å². The third-order valence-corrected chi connectivity index (χ3v) is 3.27. The van der Waals surface area contributed by atoms with E-state index in [1.54, 1.807) is 0 Å². The van der Waals surface area contributed by atoms with Crippen molar-refractivity contribution in [2.45, 2.75) is 23.8 Å². The number of hydrogen-bond acceptors (Lipinski definition) is 0. The standard InChI is InChI=1S/C10H7BrF6/c1-5-4-6(2-3-7(5)12)8(11)9(13,14)10(15,16)17/h2-4,8H,1H3. The van der Waals surface area contributed by atoms with E-state index >= 15 is 0 Å². The normalized spacial score (nSPS) is 14.8. The Kier molecular flexibility index (Phi) is 3.81. The summed E-state index contributed by atoms with van der Waals surface area (Å²) < 4.78 is 75.1. The highest BCUT2D eigenvalue weighted by molar-refractivity contribution is 9.09. The molecule has 0 aliphatic rings. The molecule has 1 rings (SSSR count). The Labute approximate surface area is 102 Å². The van der Waals surface area contributed by atoms with Gasteiger partial charge in [-0.25, -0.2) is 4.39 Å². The molecule has 0 fully saturated rings. The molecular weight excluding hydrogens is 314 g/mol. The Morgan fingerprint density at radius 1 is 1.12 bits per heavy atom. The van der Waals surface area contributed by atoms with E-state index in [-0.39, 0.29) is 11.1 Å². The van der Waals surface area contributed by atoms with Gasteiger partial charge < -0.3 is 0 Å². The monoisotopic (exact) mass is 320 g/mol. The van der Waals surface area contributed by atoms with Crippen LogP contribution in [0.3, 0.4) is 0 Å². The average Bonchev–Trinajstić information content (AvgIpc) is 2.19. The largest absolute Gasteiger partial charge is 0.454 e. The minimum atomic E-state index is -5.66. The van der Waals surface area contributed by atoms with Gasteiger partial charge in [0.2, 0.25) is 0 Å². The summed E-state index contributed by atoms with van der Waals surface area (Å²) >= 11 is 2.31. The third kappa shape index (κ3) is 2.75. The SMILES string of the molecule is Cc1cc(C(Br)C(F)(F)C(F)(F)F)ccc1F. The van der Waals surface area contributed by atoms with Gasteiger partial charge >= 0.3 is 12.1 Å². The Hall–Kier alpha value is -0.720. The molecule has 0 aromatic heterocycles. The summed E-state index contributed by atoms with van der Waals surface area (Å²) in [4.78, 5) is -2.24. The molecule has 0 N–H and O–H groups in total. The fourth-order valence-electron chi connectivity index (χ4n) is 1.18. The molecular formula is C10H7BrF6. The molecule has 0 saturated heterocycles. The molecule has 1 aromatic carbocycles. The van der Waals surface area contributed by atoms with Crippen LogP contribution in [0.5, 0.6) is 0 Å². The molecule has 0 amide bonds. The van der Waals surface area contributed by atoms with Crippen molar-refractivity contribution in [3.05, 3.63) is 35.1 Å². The first-order chi connectivity index (χ1) is 7.57. The number of halogens is 7. The molecule has 7 heteroatoms. The highest BCUT2D eigenvalue weighted by atomic mass is 79.9. The van der Waals surface area contributed by atoms with Crippen LogP contribution in [-0.2, 0) is 0 Å². The summed E-state index contributed by atoms with van der Waals surface area (Å²) in [6, 6.07) is 2.70. The van der Waals surface area contributed by atoms with Gasteiger partial charge in [0.15, 0.2) is 0 Å². The molecule has 0 nitrogen and oxygen atoms in total. The van der Waals surface area contributed by atoms with Crippen molar-refractivity contribution in [1.82, 2.24) is 0 Å². The molecule has 0 bridgehead atoms. The van der Waals surface area contributed by atoms with Crippen LogP contribution in [0.2, 0.25) is 0 Å². The molecule has 17 heavy (non-hydrogen) atoms. The molecule has 0 aliphatic carbocycles. The summed E-state index contributed by atoms with van der Waals surface area (Å²) in [7, 11) is 0. The molecule has 1 aromatic rings. The second kappa shape index (κ2) is 4.51. The van der Waals surface area contributed by atoms with E-state index in [0.717, 1.165) is 18.2 Å². The van der Waals surface area contributed by atoms with E-state index in [1.807, 2.05) is 0 Å². The molecule has 96 valence electrons. The fourth-order valence-corrected chi connectivity index (χ4v) is 1.72. The molecule has 1 unspecified atom stereocenters. The van der Waals surface area contributed by atoms with Crippen molar-refractivity contribution < 1.29 is 26.3 Å². The first-order valence-corrected chi connectivity index (χ1v) is 5.33. The molecule has 1 atom stereocenters. The van der Waals surface area contributed by atoms with Gasteiger partial charge in [-0.2, -0.15) is 22.0 Å². The van der Waals surface area contributed by atoms with E-state index in [2.05, 4.69) is 15.9 Å². The Bertz CT molecular complexity index is 412. The number of alkyl halides is 6. The van der Waals surface area contributed by atoms with Crippen LogP contribution in [0.15, 0.2) is 18.2 Å². The van der Waals surface area contributed by atoms with Crippen molar-refractivity contribution in [1.29, 1.82) is 0 Å². The molecule has 0 saturated carbocycles. The quantitative estimate of drug-likeness (QED) is 0.544. The predicted octanol–water partition coefficient (Wildman–Crippen LogP) is 4.77. The van der Waals surface area contributed by atoms with Crippen molar-refractivity contribution in [3.63, 3.8) is 0 Å². The summed E-state index contributed by atoms with van der Waals surface area (Å²) in [5, 5.41) is 0. The van der Waals surface area contributed by atoms with E-state index < -0.39 is 22.7 Å². The second-order valence-electron chi connectivity index (χ2n) is 3.49. The lowest BCUT2D eigenvalue weighted by molar-refractivity contribution is -0.281. The van der Waals surface area contributed by atoms with E-state index in [0.29, 0.717) is 0 Å². The van der Waals surface area contributed by atoms with Crippen LogP contribution in [0.4, 0.5) is 26.3 Å². The van der Waals surface area contributed by atoms with Gasteiger partial charge in [0.1, 0.15) is 10.6 Å². The van der Waals surface area contributed by atoms with Gasteiger partial charge in [-0.15, -0.1) is 0 Å². The first-order valence-electron chi connectivity index (χ1n) is 4.42. The first kappa shape index (κ1) is 14.3. The summed E-state index contributed by atoms with van der Waals surface area (Å²) in [5.41, 5.74) is -0.323. The van der Waals surface area contributed by atoms with Gasteiger partial charge in [-0.3, -0.25) is 0 Å². The number of rotatable bonds is 2. The number of aryl methyl sites for hydroxylation is 1. The van der Waals surface area contributed by atoms with Crippen LogP contribution in [0, 0.1) is 12.7 Å². The highest BCUT2D eigenvalue weighted by Crippen LogP contribution is 2.48. The van der Waals surface area contributed by atoms with Crippen molar-refractivity contribution in [3.8, 4) is 0 Å². The van der Waals surface area contributed by atoms with Crippen LogP contribution in [0.1, 0.15) is 16.0 Å². The molecule has 0 spiro atoms. The van der Waals surface area contributed by atoms with Gasteiger partial charge in [0, 0.05) is 0 Å². The lowest BCUT2D eigenvalue weighted by atomic mass is 10.0. The maximum absolute atomic E-state index is 13.0. The second-order valence-corrected chi connectivity index (χ2v) is 4.41.